The Kier molecular flexibility index (Phi) is 7.19. The number of hydrogen-bond acceptors (Lipinski definition) is 4. The molecular weight excluding hydrogens is 382 g/mol. The molecule has 0 spiro atoms. The molecule has 1 aliphatic heterocycles. The molecule has 1 saturated carbocycles. The van der Waals surface area contributed by atoms with Crippen molar-refractivity contribution in [2.75, 3.05) is 11.9 Å². The summed E-state index contributed by atoms with van der Waals surface area (Å²) >= 11 is 7.30. The summed E-state index contributed by atoms with van der Waals surface area (Å²) in [5.74, 6) is -0.184. The van der Waals surface area contributed by atoms with Crippen LogP contribution in [0.25, 0.3) is 0 Å². The van der Waals surface area contributed by atoms with Crippen LogP contribution in [0.4, 0.5) is 5.69 Å². The molecule has 27 heavy (non-hydrogen) atoms. The molecule has 1 aliphatic carbocycles. The van der Waals surface area contributed by atoms with Gasteiger partial charge in [0.25, 0.3) is 0 Å². The lowest BCUT2D eigenvalue weighted by Gasteiger charge is -2.16. The highest BCUT2D eigenvalue weighted by atomic mass is 35.5. The molecule has 0 unspecified atom stereocenters. The van der Waals surface area contributed by atoms with Crippen molar-refractivity contribution in [2.45, 2.75) is 63.2 Å². The average molecular weight is 408 g/mol. The van der Waals surface area contributed by atoms with E-state index in [1.807, 2.05) is 6.92 Å². The number of thioether (sulfide) groups is 1. The first kappa shape index (κ1) is 20.2. The molecule has 0 radical (unpaired) electrons. The molecule has 1 heterocycles. The molecule has 1 aromatic carbocycles. The Labute approximate surface area is 169 Å². The predicted molar refractivity (Wildman–Crippen MR) is 112 cm³/mol. The number of rotatable bonds is 5. The minimum atomic E-state index is -0.401. The van der Waals surface area contributed by atoms with Crippen LogP contribution in [-0.4, -0.2) is 39.7 Å². The fourth-order valence-corrected chi connectivity index (χ4v) is 4.89. The van der Waals surface area contributed by atoms with E-state index in [9.17, 15) is 9.59 Å². The van der Waals surface area contributed by atoms with Gasteiger partial charge in [-0.05, 0) is 44.0 Å². The molecule has 1 aromatic rings. The van der Waals surface area contributed by atoms with Gasteiger partial charge in [0.05, 0.1) is 6.04 Å². The third kappa shape index (κ3) is 5.48. The lowest BCUT2D eigenvalue weighted by molar-refractivity contribution is -0.128. The maximum Gasteiger partial charge on any atom is 0.242 e. The van der Waals surface area contributed by atoms with Gasteiger partial charge in [0.15, 0.2) is 5.17 Å². The standard InChI is InChI=1S/C20H26ClN3O2S/c1-2-24-19(26)17(13-18(25)22-16-11-9-14(21)10-12-16)27-20(24)23-15-7-5-3-4-6-8-15/h9-12,15,17H,2-8,13H2,1H3,(H,22,25)/t17-/m0/s1. The Morgan fingerprint density at radius 2 is 1.89 bits per heavy atom. The van der Waals surface area contributed by atoms with Gasteiger partial charge in [-0.2, -0.15) is 0 Å². The monoisotopic (exact) mass is 407 g/mol. The highest BCUT2D eigenvalue weighted by Gasteiger charge is 2.38. The van der Waals surface area contributed by atoms with Crippen molar-refractivity contribution in [3.8, 4) is 0 Å². The number of amidine groups is 1. The van der Waals surface area contributed by atoms with Gasteiger partial charge >= 0.3 is 0 Å². The zero-order chi connectivity index (χ0) is 19.2. The fourth-order valence-electron chi connectivity index (χ4n) is 3.49. The van der Waals surface area contributed by atoms with Gasteiger partial charge in [-0.15, -0.1) is 0 Å². The van der Waals surface area contributed by atoms with Crippen molar-refractivity contribution < 1.29 is 9.59 Å². The summed E-state index contributed by atoms with van der Waals surface area (Å²) in [6, 6.07) is 7.26. The molecule has 0 bridgehead atoms. The molecule has 1 saturated heterocycles. The van der Waals surface area contributed by atoms with Crippen LogP contribution in [0.1, 0.15) is 51.9 Å². The number of carbonyl (C=O) groups is 2. The normalized spacial score (nSPS) is 22.9. The van der Waals surface area contributed by atoms with Crippen molar-refractivity contribution in [1.82, 2.24) is 4.90 Å². The second kappa shape index (κ2) is 9.60. The SMILES string of the molecule is CCN1C(=O)[C@H](CC(=O)Nc2ccc(Cl)cc2)SC1=NC1CCCCCC1. The number of nitrogens with one attached hydrogen (secondary N) is 1. The van der Waals surface area contributed by atoms with Gasteiger partial charge in [0, 0.05) is 23.7 Å². The van der Waals surface area contributed by atoms with Gasteiger partial charge < -0.3 is 5.32 Å². The van der Waals surface area contributed by atoms with Crippen LogP contribution < -0.4 is 5.32 Å². The van der Waals surface area contributed by atoms with Gasteiger partial charge in [-0.1, -0.05) is 49.0 Å². The van der Waals surface area contributed by atoms with E-state index in [0.29, 0.717) is 23.3 Å². The van der Waals surface area contributed by atoms with E-state index in [1.165, 1.54) is 37.4 Å². The quantitative estimate of drug-likeness (QED) is 0.719. The van der Waals surface area contributed by atoms with Crippen molar-refractivity contribution in [3.63, 3.8) is 0 Å². The number of benzene rings is 1. The fraction of sp³-hybridized carbons (Fsp3) is 0.550. The van der Waals surface area contributed by atoms with Crippen molar-refractivity contribution >= 4 is 46.0 Å². The molecule has 2 amide bonds. The van der Waals surface area contributed by atoms with Crippen LogP contribution >= 0.6 is 23.4 Å². The number of amides is 2. The molecule has 5 nitrogen and oxygen atoms in total. The lowest BCUT2D eigenvalue weighted by Crippen LogP contribution is -2.33. The van der Waals surface area contributed by atoms with E-state index in [-0.39, 0.29) is 18.2 Å². The Bertz CT molecular complexity index is 700. The number of halogens is 1. The van der Waals surface area contributed by atoms with Crippen LogP contribution in [-0.2, 0) is 9.59 Å². The van der Waals surface area contributed by atoms with Gasteiger partial charge in [-0.25, -0.2) is 0 Å². The largest absolute Gasteiger partial charge is 0.326 e. The zero-order valence-electron chi connectivity index (χ0n) is 15.6. The number of aliphatic imine (C=N–C) groups is 1. The highest BCUT2D eigenvalue weighted by Crippen LogP contribution is 2.31. The van der Waals surface area contributed by atoms with Gasteiger partial charge in [0.2, 0.25) is 11.8 Å². The Morgan fingerprint density at radius 3 is 2.52 bits per heavy atom. The molecule has 1 N–H and O–H groups in total. The van der Waals surface area contributed by atoms with Crippen molar-refractivity contribution in [1.29, 1.82) is 0 Å². The van der Waals surface area contributed by atoms with Crippen LogP contribution in [0.3, 0.4) is 0 Å². The molecule has 0 aromatic heterocycles. The Hall–Kier alpha value is -1.53. The maximum atomic E-state index is 12.7. The summed E-state index contributed by atoms with van der Waals surface area (Å²) in [5.41, 5.74) is 0.680. The topological polar surface area (TPSA) is 61.8 Å². The van der Waals surface area contributed by atoms with Crippen molar-refractivity contribution in [3.05, 3.63) is 29.3 Å². The minimum absolute atomic E-state index is 0.0128. The van der Waals surface area contributed by atoms with E-state index in [0.717, 1.165) is 18.0 Å². The van der Waals surface area contributed by atoms with E-state index in [4.69, 9.17) is 16.6 Å². The molecule has 7 heteroatoms. The zero-order valence-corrected chi connectivity index (χ0v) is 17.2. The van der Waals surface area contributed by atoms with E-state index >= 15 is 0 Å². The molecule has 146 valence electrons. The van der Waals surface area contributed by atoms with E-state index in [1.54, 1.807) is 29.2 Å². The minimum Gasteiger partial charge on any atom is -0.326 e. The number of hydrogen-bond donors (Lipinski definition) is 1. The Balaban J connectivity index is 1.62. The molecule has 2 aliphatic rings. The Morgan fingerprint density at radius 1 is 1.22 bits per heavy atom. The third-order valence-corrected chi connectivity index (χ3v) is 6.39. The third-order valence-electron chi connectivity index (χ3n) is 4.95. The van der Waals surface area contributed by atoms with Crippen LogP contribution in [0.15, 0.2) is 29.3 Å². The molecule has 1 atom stereocenters. The van der Waals surface area contributed by atoms with Crippen LogP contribution in [0, 0.1) is 0 Å². The second-order valence-electron chi connectivity index (χ2n) is 7.01. The van der Waals surface area contributed by atoms with E-state index in [2.05, 4.69) is 5.32 Å². The second-order valence-corrected chi connectivity index (χ2v) is 8.61. The van der Waals surface area contributed by atoms with Crippen molar-refractivity contribution in [2.24, 2.45) is 4.99 Å². The van der Waals surface area contributed by atoms with Crippen LogP contribution in [0.2, 0.25) is 5.02 Å². The molecular formula is C20H26ClN3O2S. The summed E-state index contributed by atoms with van der Waals surface area (Å²) in [4.78, 5) is 31.7. The first-order valence-corrected chi connectivity index (χ1v) is 10.9. The first-order valence-electron chi connectivity index (χ1n) is 9.68. The lowest BCUT2D eigenvalue weighted by atomic mass is 10.1. The van der Waals surface area contributed by atoms with Gasteiger partial charge in [0.1, 0.15) is 5.25 Å². The summed E-state index contributed by atoms with van der Waals surface area (Å²) < 4.78 is 0. The smallest absolute Gasteiger partial charge is 0.242 e. The number of nitrogens with zero attached hydrogens (tertiary/aromatic N) is 2. The molecule has 2 fully saturated rings. The molecule has 3 rings (SSSR count). The summed E-state index contributed by atoms with van der Waals surface area (Å²) in [6.45, 7) is 2.55. The average Bonchev–Trinajstić information content (AvgIpc) is 2.81. The predicted octanol–water partition coefficient (Wildman–Crippen LogP) is 4.71. The first-order chi connectivity index (χ1) is 13.1. The highest BCUT2D eigenvalue weighted by molar-refractivity contribution is 8.15. The summed E-state index contributed by atoms with van der Waals surface area (Å²) in [6.07, 6.45) is 7.30. The van der Waals surface area contributed by atoms with Crippen LogP contribution in [0.5, 0.6) is 0 Å². The summed E-state index contributed by atoms with van der Waals surface area (Å²) in [7, 11) is 0. The number of anilines is 1. The summed E-state index contributed by atoms with van der Waals surface area (Å²) in [5, 5.41) is 3.84. The van der Waals surface area contributed by atoms with E-state index < -0.39 is 5.25 Å². The maximum absolute atomic E-state index is 12.7. The van der Waals surface area contributed by atoms with Gasteiger partial charge in [-0.3, -0.25) is 19.5 Å². The number of carbonyl (C=O) groups excluding carboxylic acids is 2.